The van der Waals surface area contributed by atoms with E-state index in [-0.39, 0.29) is 5.60 Å². The second-order valence-electron chi connectivity index (χ2n) is 5.58. The second-order valence-corrected chi connectivity index (χ2v) is 5.58. The van der Waals surface area contributed by atoms with Crippen LogP contribution in [0.5, 0.6) is 11.5 Å². The van der Waals surface area contributed by atoms with Crippen LogP contribution in [0, 0.1) is 0 Å². The first-order valence-corrected chi connectivity index (χ1v) is 6.61. The lowest BCUT2D eigenvalue weighted by molar-refractivity contribution is 0.138. The van der Waals surface area contributed by atoms with Crippen molar-refractivity contribution in [2.45, 2.75) is 32.5 Å². The molecule has 0 saturated heterocycles. The summed E-state index contributed by atoms with van der Waals surface area (Å²) >= 11 is 0. The Kier molecular flexibility index (Phi) is 2.94. The van der Waals surface area contributed by atoms with Gasteiger partial charge in [-0.3, -0.25) is 0 Å². The van der Waals surface area contributed by atoms with E-state index in [0.29, 0.717) is 6.61 Å². The third-order valence-corrected chi connectivity index (χ3v) is 3.29. The van der Waals surface area contributed by atoms with Gasteiger partial charge in [-0.15, -0.1) is 0 Å². The van der Waals surface area contributed by atoms with Crippen LogP contribution < -0.4 is 9.47 Å². The monoisotopic (exact) mass is 254 g/mol. The van der Waals surface area contributed by atoms with Crippen LogP contribution in [0.2, 0.25) is 0 Å². The van der Waals surface area contributed by atoms with Crippen LogP contribution in [-0.4, -0.2) is 5.60 Å². The second kappa shape index (κ2) is 4.61. The van der Waals surface area contributed by atoms with Gasteiger partial charge in [0.25, 0.3) is 0 Å². The van der Waals surface area contributed by atoms with Crippen molar-refractivity contribution in [2.75, 3.05) is 0 Å². The van der Waals surface area contributed by atoms with Gasteiger partial charge in [-0.25, -0.2) is 0 Å². The fourth-order valence-corrected chi connectivity index (χ4v) is 2.40. The number of rotatable bonds is 3. The van der Waals surface area contributed by atoms with Crippen molar-refractivity contribution >= 4 is 0 Å². The van der Waals surface area contributed by atoms with Crippen LogP contribution in [0.25, 0.3) is 0 Å². The standard InChI is InChI=1S/C17H18O2/c1-17(2)11-14-8-9-15(10-16(14)19-17)18-12-13-6-4-3-5-7-13/h3-10H,11-12H2,1-2H3. The summed E-state index contributed by atoms with van der Waals surface area (Å²) in [5.41, 5.74) is 2.33. The van der Waals surface area contributed by atoms with Crippen molar-refractivity contribution < 1.29 is 9.47 Å². The molecule has 0 amide bonds. The lowest BCUT2D eigenvalue weighted by Crippen LogP contribution is -2.24. The van der Waals surface area contributed by atoms with Crippen LogP contribution in [0.4, 0.5) is 0 Å². The first-order valence-electron chi connectivity index (χ1n) is 6.61. The Morgan fingerprint density at radius 3 is 2.68 bits per heavy atom. The third kappa shape index (κ3) is 2.73. The van der Waals surface area contributed by atoms with E-state index in [2.05, 4.69) is 32.0 Å². The van der Waals surface area contributed by atoms with Gasteiger partial charge in [0.15, 0.2) is 0 Å². The van der Waals surface area contributed by atoms with E-state index in [9.17, 15) is 0 Å². The van der Waals surface area contributed by atoms with E-state index in [0.717, 1.165) is 17.9 Å². The molecule has 2 heteroatoms. The van der Waals surface area contributed by atoms with E-state index in [1.54, 1.807) is 0 Å². The van der Waals surface area contributed by atoms with Gasteiger partial charge in [0.05, 0.1) is 0 Å². The molecule has 0 bridgehead atoms. The van der Waals surface area contributed by atoms with Crippen LogP contribution in [0.1, 0.15) is 25.0 Å². The Balaban J connectivity index is 1.71. The summed E-state index contributed by atoms with van der Waals surface area (Å²) in [5.74, 6) is 1.82. The molecule has 0 unspecified atom stereocenters. The molecule has 3 rings (SSSR count). The maximum atomic E-state index is 5.91. The number of fused-ring (bicyclic) bond motifs is 1. The smallest absolute Gasteiger partial charge is 0.127 e. The molecule has 0 radical (unpaired) electrons. The molecular formula is C17H18O2. The molecule has 2 aromatic carbocycles. The minimum Gasteiger partial charge on any atom is -0.489 e. The lowest BCUT2D eigenvalue weighted by atomic mass is 10.0. The van der Waals surface area contributed by atoms with Crippen LogP contribution in [0.15, 0.2) is 48.5 Å². The van der Waals surface area contributed by atoms with Crippen molar-refractivity contribution in [3.63, 3.8) is 0 Å². The molecule has 0 spiro atoms. The molecule has 0 aliphatic carbocycles. The highest BCUT2D eigenvalue weighted by molar-refractivity contribution is 5.44. The zero-order valence-corrected chi connectivity index (χ0v) is 11.3. The topological polar surface area (TPSA) is 18.5 Å². The van der Waals surface area contributed by atoms with E-state index >= 15 is 0 Å². The molecule has 0 saturated carbocycles. The van der Waals surface area contributed by atoms with E-state index < -0.39 is 0 Å². The number of hydrogen-bond donors (Lipinski definition) is 0. The summed E-state index contributed by atoms with van der Waals surface area (Å²) in [6, 6.07) is 16.3. The van der Waals surface area contributed by atoms with E-state index in [1.165, 1.54) is 11.1 Å². The zero-order valence-electron chi connectivity index (χ0n) is 11.3. The largest absolute Gasteiger partial charge is 0.489 e. The number of ether oxygens (including phenoxy) is 2. The van der Waals surface area contributed by atoms with Gasteiger partial charge in [0.2, 0.25) is 0 Å². The predicted octanol–water partition coefficient (Wildman–Crippen LogP) is 3.98. The summed E-state index contributed by atoms with van der Waals surface area (Å²) in [7, 11) is 0. The Labute approximate surface area is 114 Å². The highest BCUT2D eigenvalue weighted by Crippen LogP contribution is 2.37. The molecular weight excluding hydrogens is 236 g/mol. The molecule has 98 valence electrons. The Morgan fingerprint density at radius 2 is 1.89 bits per heavy atom. The summed E-state index contributed by atoms with van der Waals surface area (Å²) in [5, 5.41) is 0. The highest BCUT2D eigenvalue weighted by Gasteiger charge is 2.29. The molecule has 1 heterocycles. The molecule has 2 nitrogen and oxygen atoms in total. The van der Waals surface area contributed by atoms with E-state index in [4.69, 9.17) is 9.47 Å². The van der Waals surface area contributed by atoms with Gasteiger partial charge in [0, 0.05) is 12.5 Å². The third-order valence-electron chi connectivity index (χ3n) is 3.29. The van der Waals surface area contributed by atoms with Gasteiger partial charge in [-0.05, 0) is 31.0 Å². The van der Waals surface area contributed by atoms with Gasteiger partial charge in [-0.1, -0.05) is 36.4 Å². The van der Waals surface area contributed by atoms with Gasteiger partial charge >= 0.3 is 0 Å². The molecule has 1 aliphatic rings. The molecule has 2 aromatic rings. The molecule has 0 aromatic heterocycles. The normalized spacial score (nSPS) is 15.7. The number of hydrogen-bond acceptors (Lipinski definition) is 2. The van der Waals surface area contributed by atoms with E-state index in [1.807, 2.05) is 30.3 Å². The van der Waals surface area contributed by atoms with Gasteiger partial charge in [-0.2, -0.15) is 0 Å². The Hall–Kier alpha value is -1.96. The van der Waals surface area contributed by atoms with Crippen molar-refractivity contribution in [3.05, 3.63) is 59.7 Å². The van der Waals surface area contributed by atoms with Gasteiger partial charge < -0.3 is 9.47 Å². The van der Waals surface area contributed by atoms with Crippen molar-refractivity contribution in [3.8, 4) is 11.5 Å². The quantitative estimate of drug-likeness (QED) is 0.824. The highest BCUT2D eigenvalue weighted by atomic mass is 16.5. The number of benzene rings is 2. The lowest BCUT2D eigenvalue weighted by Gasteiger charge is -2.16. The average Bonchev–Trinajstić information content (AvgIpc) is 2.70. The minimum atomic E-state index is -0.0968. The Morgan fingerprint density at radius 1 is 1.11 bits per heavy atom. The molecule has 0 atom stereocenters. The van der Waals surface area contributed by atoms with Crippen LogP contribution in [-0.2, 0) is 13.0 Å². The molecule has 0 N–H and O–H groups in total. The van der Waals surface area contributed by atoms with Gasteiger partial charge in [0.1, 0.15) is 23.7 Å². The van der Waals surface area contributed by atoms with Crippen molar-refractivity contribution in [1.29, 1.82) is 0 Å². The van der Waals surface area contributed by atoms with Crippen molar-refractivity contribution in [2.24, 2.45) is 0 Å². The Bertz CT molecular complexity index is 573. The first-order chi connectivity index (χ1) is 9.12. The fraction of sp³-hybridized carbons (Fsp3) is 0.294. The summed E-state index contributed by atoms with van der Waals surface area (Å²) in [6.45, 7) is 4.80. The summed E-state index contributed by atoms with van der Waals surface area (Å²) in [6.07, 6.45) is 0.960. The maximum absolute atomic E-state index is 5.91. The summed E-state index contributed by atoms with van der Waals surface area (Å²) < 4.78 is 11.7. The maximum Gasteiger partial charge on any atom is 0.127 e. The van der Waals surface area contributed by atoms with Crippen molar-refractivity contribution in [1.82, 2.24) is 0 Å². The molecule has 1 aliphatic heterocycles. The minimum absolute atomic E-state index is 0.0968. The first kappa shape index (κ1) is 12.1. The summed E-state index contributed by atoms with van der Waals surface area (Å²) in [4.78, 5) is 0. The zero-order chi connectivity index (χ0) is 13.3. The molecule has 19 heavy (non-hydrogen) atoms. The average molecular weight is 254 g/mol. The van der Waals surface area contributed by atoms with Crippen LogP contribution >= 0.6 is 0 Å². The van der Waals surface area contributed by atoms with Crippen LogP contribution in [0.3, 0.4) is 0 Å². The predicted molar refractivity (Wildman–Crippen MR) is 75.6 cm³/mol. The fourth-order valence-electron chi connectivity index (χ4n) is 2.40. The molecule has 0 fully saturated rings. The SMILES string of the molecule is CC1(C)Cc2ccc(OCc3ccccc3)cc2O1.